The second-order valence-electron chi connectivity index (χ2n) is 5.16. The molecule has 0 aliphatic carbocycles. The van der Waals surface area contributed by atoms with Crippen molar-refractivity contribution in [2.24, 2.45) is 0 Å². The van der Waals surface area contributed by atoms with E-state index in [0.29, 0.717) is 11.1 Å². The van der Waals surface area contributed by atoms with Gasteiger partial charge in [-0.25, -0.2) is 4.79 Å². The lowest BCUT2D eigenvalue weighted by Gasteiger charge is -2.06. The zero-order valence-corrected chi connectivity index (χ0v) is 13.1. The van der Waals surface area contributed by atoms with Crippen LogP contribution in [0.15, 0.2) is 60.9 Å². The Morgan fingerprint density at radius 1 is 0.917 bits per heavy atom. The predicted molar refractivity (Wildman–Crippen MR) is 89.4 cm³/mol. The minimum atomic E-state index is -0.545. The first-order valence-corrected chi connectivity index (χ1v) is 7.35. The standard InChI is InChI=1S/C19H15NO4/c1-23-17-5-4-14-10-16(3-2-15(14)11-17)18(21)12-24-19(22)13-6-8-20-9-7-13/h2-11H,12H2,1H3. The molecule has 0 radical (unpaired) electrons. The van der Waals surface area contributed by atoms with Crippen molar-refractivity contribution < 1.29 is 19.1 Å². The Hall–Kier alpha value is -3.21. The number of ether oxygens (including phenoxy) is 2. The minimum absolute atomic E-state index is 0.255. The Morgan fingerprint density at radius 2 is 1.62 bits per heavy atom. The van der Waals surface area contributed by atoms with Crippen molar-refractivity contribution in [2.45, 2.75) is 0 Å². The van der Waals surface area contributed by atoms with Gasteiger partial charge in [0.05, 0.1) is 12.7 Å². The van der Waals surface area contributed by atoms with Crippen molar-refractivity contribution in [3.8, 4) is 5.75 Å². The predicted octanol–water partition coefficient (Wildman–Crippen LogP) is 3.28. The molecule has 0 amide bonds. The molecule has 1 heterocycles. The first-order chi connectivity index (χ1) is 11.7. The van der Waals surface area contributed by atoms with Crippen LogP contribution in [0.4, 0.5) is 0 Å². The van der Waals surface area contributed by atoms with E-state index >= 15 is 0 Å². The average molecular weight is 321 g/mol. The van der Waals surface area contributed by atoms with Crippen LogP contribution in [0.2, 0.25) is 0 Å². The van der Waals surface area contributed by atoms with Gasteiger partial charge in [-0.05, 0) is 41.1 Å². The lowest BCUT2D eigenvalue weighted by atomic mass is 10.0. The van der Waals surface area contributed by atoms with Crippen molar-refractivity contribution in [3.63, 3.8) is 0 Å². The van der Waals surface area contributed by atoms with Gasteiger partial charge in [0.25, 0.3) is 0 Å². The van der Waals surface area contributed by atoms with Crippen LogP contribution in [0.3, 0.4) is 0 Å². The number of Topliss-reactive ketones (excluding diaryl/α,β-unsaturated/α-hetero) is 1. The van der Waals surface area contributed by atoms with Crippen molar-refractivity contribution in [3.05, 3.63) is 72.1 Å². The van der Waals surface area contributed by atoms with Crippen LogP contribution in [-0.2, 0) is 4.74 Å². The van der Waals surface area contributed by atoms with E-state index in [1.807, 2.05) is 24.3 Å². The molecule has 24 heavy (non-hydrogen) atoms. The molecule has 0 aliphatic heterocycles. The van der Waals surface area contributed by atoms with Gasteiger partial charge in [-0.2, -0.15) is 0 Å². The monoisotopic (exact) mass is 321 g/mol. The summed E-state index contributed by atoms with van der Waals surface area (Å²) in [5.41, 5.74) is 0.860. The number of carbonyl (C=O) groups excluding carboxylic acids is 2. The van der Waals surface area contributed by atoms with E-state index in [9.17, 15) is 9.59 Å². The van der Waals surface area contributed by atoms with Crippen LogP contribution in [0.1, 0.15) is 20.7 Å². The Morgan fingerprint density at radius 3 is 2.38 bits per heavy atom. The average Bonchev–Trinajstić information content (AvgIpc) is 2.65. The summed E-state index contributed by atoms with van der Waals surface area (Å²) in [5, 5.41) is 1.89. The van der Waals surface area contributed by atoms with Crippen molar-refractivity contribution in [2.75, 3.05) is 13.7 Å². The summed E-state index contributed by atoms with van der Waals surface area (Å²) in [5.74, 6) is -0.0424. The maximum absolute atomic E-state index is 12.2. The molecule has 0 spiro atoms. The van der Waals surface area contributed by atoms with Crippen molar-refractivity contribution in [1.82, 2.24) is 4.98 Å². The number of hydrogen-bond donors (Lipinski definition) is 0. The van der Waals surface area contributed by atoms with Crippen LogP contribution in [-0.4, -0.2) is 30.5 Å². The molecule has 0 saturated carbocycles. The third kappa shape index (κ3) is 3.41. The van der Waals surface area contributed by atoms with E-state index in [0.717, 1.165) is 16.5 Å². The highest BCUT2D eigenvalue weighted by molar-refractivity contribution is 6.02. The second-order valence-corrected chi connectivity index (χ2v) is 5.16. The quantitative estimate of drug-likeness (QED) is 0.533. The zero-order valence-electron chi connectivity index (χ0n) is 13.1. The molecule has 1 aromatic heterocycles. The zero-order chi connectivity index (χ0) is 16.9. The van der Waals surface area contributed by atoms with Crippen LogP contribution in [0, 0.1) is 0 Å². The summed E-state index contributed by atoms with van der Waals surface area (Å²) in [6.45, 7) is -0.303. The molecule has 3 rings (SSSR count). The highest BCUT2D eigenvalue weighted by atomic mass is 16.5. The molecule has 0 aliphatic rings. The molecular weight excluding hydrogens is 306 g/mol. The number of benzene rings is 2. The van der Waals surface area contributed by atoms with Gasteiger partial charge in [0, 0.05) is 18.0 Å². The summed E-state index contributed by atoms with van der Waals surface area (Å²) in [7, 11) is 1.61. The maximum Gasteiger partial charge on any atom is 0.338 e. The lowest BCUT2D eigenvalue weighted by Crippen LogP contribution is -2.14. The van der Waals surface area contributed by atoms with E-state index in [1.54, 1.807) is 19.2 Å². The number of hydrogen-bond acceptors (Lipinski definition) is 5. The van der Waals surface area contributed by atoms with Crippen molar-refractivity contribution in [1.29, 1.82) is 0 Å². The molecule has 2 aromatic carbocycles. The van der Waals surface area contributed by atoms with Gasteiger partial charge in [-0.1, -0.05) is 18.2 Å². The van der Waals surface area contributed by atoms with Crippen molar-refractivity contribution >= 4 is 22.5 Å². The molecule has 0 saturated heterocycles. The number of rotatable bonds is 5. The van der Waals surface area contributed by atoms with Gasteiger partial charge >= 0.3 is 5.97 Å². The number of carbonyl (C=O) groups is 2. The number of methoxy groups -OCH3 is 1. The molecule has 0 N–H and O–H groups in total. The third-order valence-electron chi connectivity index (χ3n) is 3.62. The van der Waals surface area contributed by atoms with Crippen LogP contribution < -0.4 is 4.74 Å². The fraction of sp³-hybridized carbons (Fsp3) is 0.105. The molecule has 120 valence electrons. The van der Waals surface area contributed by atoms with Gasteiger partial charge < -0.3 is 9.47 Å². The lowest BCUT2D eigenvalue weighted by molar-refractivity contribution is 0.0474. The van der Waals surface area contributed by atoms with E-state index < -0.39 is 5.97 Å². The number of aromatic nitrogens is 1. The molecule has 0 atom stereocenters. The van der Waals surface area contributed by atoms with Gasteiger partial charge in [0.2, 0.25) is 0 Å². The number of fused-ring (bicyclic) bond motifs is 1. The Kier molecular flexibility index (Phi) is 4.52. The fourth-order valence-electron chi connectivity index (χ4n) is 2.31. The summed E-state index contributed by atoms with van der Waals surface area (Å²) >= 11 is 0. The largest absolute Gasteiger partial charge is 0.497 e. The third-order valence-corrected chi connectivity index (χ3v) is 3.62. The van der Waals surface area contributed by atoms with Crippen LogP contribution in [0.25, 0.3) is 10.8 Å². The Labute approximate surface area is 138 Å². The van der Waals surface area contributed by atoms with Gasteiger partial charge in [-0.15, -0.1) is 0 Å². The molecule has 5 heteroatoms. The van der Waals surface area contributed by atoms with Gasteiger partial charge in [0.15, 0.2) is 12.4 Å². The number of ketones is 1. The fourth-order valence-corrected chi connectivity index (χ4v) is 2.31. The normalized spacial score (nSPS) is 10.4. The molecular formula is C19H15NO4. The first kappa shape index (κ1) is 15.7. The number of esters is 1. The molecule has 3 aromatic rings. The highest BCUT2D eigenvalue weighted by Gasteiger charge is 2.12. The molecule has 5 nitrogen and oxygen atoms in total. The smallest absolute Gasteiger partial charge is 0.338 e. The topological polar surface area (TPSA) is 65.5 Å². The Balaban J connectivity index is 1.71. The number of pyridine rings is 1. The van der Waals surface area contributed by atoms with E-state index in [2.05, 4.69) is 4.98 Å². The minimum Gasteiger partial charge on any atom is -0.497 e. The Bertz CT molecular complexity index is 890. The van der Waals surface area contributed by atoms with E-state index in [-0.39, 0.29) is 12.4 Å². The van der Waals surface area contributed by atoms with E-state index in [4.69, 9.17) is 9.47 Å². The van der Waals surface area contributed by atoms with E-state index in [1.165, 1.54) is 24.5 Å². The van der Waals surface area contributed by atoms with Gasteiger partial charge in [0.1, 0.15) is 5.75 Å². The summed E-state index contributed by atoms with van der Waals surface area (Å²) in [6.07, 6.45) is 2.99. The SMILES string of the molecule is COc1ccc2cc(C(=O)COC(=O)c3ccncc3)ccc2c1. The summed E-state index contributed by atoms with van der Waals surface area (Å²) in [4.78, 5) is 27.9. The molecule has 0 bridgehead atoms. The van der Waals surface area contributed by atoms with Crippen LogP contribution in [0.5, 0.6) is 5.75 Å². The molecule has 0 fully saturated rings. The van der Waals surface area contributed by atoms with Gasteiger partial charge in [-0.3, -0.25) is 9.78 Å². The summed E-state index contributed by atoms with van der Waals surface area (Å²) < 4.78 is 10.2. The second kappa shape index (κ2) is 6.91. The maximum atomic E-state index is 12.2. The summed E-state index contributed by atoms with van der Waals surface area (Å²) in [6, 6.07) is 14.0. The molecule has 0 unspecified atom stereocenters. The highest BCUT2D eigenvalue weighted by Crippen LogP contribution is 2.22. The first-order valence-electron chi connectivity index (χ1n) is 7.35. The number of nitrogens with zero attached hydrogens (tertiary/aromatic N) is 1. The van der Waals surface area contributed by atoms with Crippen LogP contribution >= 0.6 is 0 Å².